The molecule has 1 aliphatic carbocycles. The van der Waals surface area contributed by atoms with Crippen molar-refractivity contribution in [2.75, 3.05) is 126 Å². The number of piperazine rings is 2. The number of fused-ring (bicyclic) bond motifs is 5. The van der Waals surface area contributed by atoms with Gasteiger partial charge in [0.15, 0.2) is 17.0 Å². The summed E-state index contributed by atoms with van der Waals surface area (Å²) in [5.74, 6) is -9.06. The first kappa shape index (κ1) is 100. The molecule has 5 fully saturated rings. The molecule has 41 nitrogen and oxygen atoms in total. The molecule has 0 spiro atoms. The number of unbranched alkanes of at least 4 members (excludes halogenated alkanes) is 1. The van der Waals surface area contributed by atoms with Crippen LogP contribution in [-0.2, 0) is 70.3 Å². The Morgan fingerprint density at radius 1 is 0.704 bits per heavy atom. The van der Waals surface area contributed by atoms with Crippen LogP contribution < -0.4 is 47.9 Å². The number of esters is 1. The van der Waals surface area contributed by atoms with Gasteiger partial charge in [-0.1, -0.05) is 64.2 Å². The van der Waals surface area contributed by atoms with E-state index in [-0.39, 0.29) is 99.6 Å². The number of ether oxygens (including phenoxy) is 6. The highest BCUT2D eigenvalue weighted by atomic mass is 16.6. The van der Waals surface area contributed by atoms with E-state index in [1.54, 1.807) is 68.3 Å². The third-order valence-corrected chi connectivity index (χ3v) is 26.2. The molecule has 11 heterocycles. The molecule has 135 heavy (non-hydrogen) atoms. The van der Waals surface area contributed by atoms with Gasteiger partial charge in [0.2, 0.25) is 29.4 Å². The average molecular weight is 1870 g/mol. The van der Waals surface area contributed by atoms with Gasteiger partial charge in [-0.3, -0.25) is 33.6 Å². The number of ketones is 3. The lowest BCUT2D eigenvalue weighted by atomic mass is 9.80. The maximum atomic E-state index is 14.7. The summed E-state index contributed by atoms with van der Waals surface area (Å²) >= 11 is 0. The van der Waals surface area contributed by atoms with Gasteiger partial charge in [-0.25, -0.2) is 54.1 Å². The number of allylic oxidation sites excluding steroid dienone is 6. The Bertz CT molecular complexity index is 5410. The molecule has 15 atom stereocenters. The van der Waals surface area contributed by atoms with Crippen molar-refractivity contribution in [3.8, 4) is 11.3 Å². The number of anilines is 5. The van der Waals surface area contributed by atoms with Crippen molar-refractivity contribution >= 4 is 105 Å². The van der Waals surface area contributed by atoms with Crippen LogP contribution in [0.2, 0.25) is 0 Å². The zero-order valence-corrected chi connectivity index (χ0v) is 77.8. The Kier molecular flexibility index (Phi) is 34.7. The summed E-state index contributed by atoms with van der Waals surface area (Å²) < 4.78 is 43.1. The van der Waals surface area contributed by atoms with Crippen LogP contribution >= 0.6 is 0 Å². The van der Waals surface area contributed by atoms with Crippen molar-refractivity contribution in [2.24, 2.45) is 35.3 Å². The molecule has 6 aliphatic rings. The van der Waals surface area contributed by atoms with Crippen molar-refractivity contribution in [2.45, 2.75) is 212 Å². The first-order valence-corrected chi connectivity index (χ1v) is 46.5. The fourth-order valence-electron chi connectivity index (χ4n) is 18.2. The summed E-state index contributed by atoms with van der Waals surface area (Å²) in [5.41, 5.74) is 24.9. The lowest BCUT2D eigenvalue weighted by Crippen LogP contribution is -2.61. The van der Waals surface area contributed by atoms with E-state index in [0.29, 0.717) is 186 Å². The lowest BCUT2D eigenvalue weighted by molar-refractivity contribution is -0.265. The summed E-state index contributed by atoms with van der Waals surface area (Å²) in [6.07, 6.45) is 18.7. The van der Waals surface area contributed by atoms with Gasteiger partial charge in [0.05, 0.1) is 67.0 Å². The number of nitrogens with two attached hydrogens (primary N) is 3. The van der Waals surface area contributed by atoms with Gasteiger partial charge in [-0.05, 0) is 132 Å². The maximum Gasteiger partial charge on any atom is 0.407 e. The number of aromatic nitrogens is 11. The number of Topliss-reactive ketones (excluding diaryl/α,β-unsaturated/α-hetero) is 3. The molecular weight excluding hydrogens is 1740 g/mol. The number of nitrogen functional groups attached to an aromatic ring is 2. The molecule has 4 saturated heterocycles. The largest absolute Gasteiger partial charge is 0.459 e. The number of hydrogen-bond acceptors (Lipinski definition) is 35. The molecule has 2 bridgehead atoms. The van der Waals surface area contributed by atoms with Gasteiger partial charge < -0.3 is 106 Å². The number of oxazole rings is 1. The predicted molar refractivity (Wildman–Crippen MR) is 496 cm³/mol. The summed E-state index contributed by atoms with van der Waals surface area (Å²) in [6.45, 7) is 15.9. The fourth-order valence-corrected chi connectivity index (χ4v) is 18.2. The Balaban J connectivity index is 0.510. The number of alkyl carbamates (subject to hydrolysis) is 1. The minimum absolute atomic E-state index is 0.0102. The third-order valence-electron chi connectivity index (χ3n) is 26.2. The van der Waals surface area contributed by atoms with E-state index in [1.165, 1.54) is 38.8 Å². The minimum Gasteiger partial charge on any atom is -0.459 e. The van der Waals surface area contributed by atoms with Crippen LogP contribution in [0.5, 0.6) is 0 Å². The van der Waals surface area contributed by atoms with E-state index in [9.17, 15) is 58.5 Å². The molecule has 6 aromatic heterocycles. The molecule has 13 rings (SSSR count). The Morgan fingerprint density at radius 2 is 1.41 bits per heavy atom. The Labute approximate surface area is 782 Å². The highest BCUT2D eigenvalue weighted by Crippen LogP contribution is 2.39. The predicted octanol–water partition coefficient (Wildman–Crippen LogP) is 5.66. The van der Waals surface area contributed by atoms with E-state index in [1.807, 2.05) is 66.2 Å². The van der Waals surface area contributed by atoms with Crippen molar-refractivity contribution in [3.63, 3.8) is 0 Å². The van der Waals surface area contributed by atoms with Crippen molar-refractivity contribution < 1.29 is 91.3 Å². The summed E-state index contributed by atoms with van der Waals surface area (Å²) in [7, 11) is 3.05. The number of aryl methyl sites for hydroxylation is 1. The zero-order chi connectivity index (χ0) is 96.1. The second-order valence-corrected chi connectivity index (χ2v) is 35.9. The number of carbonyl (C=O) groups excluding carboxylic acids is 9. The molecule has 41 heteroatoms. The van der Waals surface area contributed by atoms with E-state index >= 15 is 0 Å². The molecule has 12 N–H and O–H groups in total. The van der Waals surface area contributed by atoms with Crippen LogP contribution in [0, 0.1) is 29.6 Å². The molecule has 0 unspecified atom stereocenters. The number of methoxy groups -OCH3 is 2. The van der Waals surface area contributed by atoms with Gasteiger partial charge in [0.1, 0.15) is 59.6 Å². The van der Waals surface area contributed by atoms with Crippen LogP contribution in [0.4, 0.5) is 34.2 Å². The number of nitrogens with zero attached hydrogens (tertiary/aromatic N) is 16. The number of piperidine rings is 1. The first-order chi connectivity index (χ1) is 64.9. The normalized spacial score (nSPS) is 26.8. The molecule has 0 radical (unpaired) electrons. The van der Waals surface area contributed by atoms with Gasteiger partial charge in [-0.15, -0.1) is 0 Å². The minimum atomic E-state index is -2.52. The third kappa shape index (κ3) is 25.7. The molecular formula is C94H126N22O19. The van der Waals surface area contributed by atoms with Crippen LogP contribution in [0.25, 0.3) is 33.4 Å². The number of nitrogens with one attached hydrogen (secondary N) is 3. The lowest BCUT2D eigenvalue weighted by Gasteiger charge is -2.42. The summed E-state index contributed by atoms with van der Waals surface area (Å²) in [6, 6.07) is 3.22. The van der Waals surface area contributed by atoms with Gasteiger partial charge in [0, 0.05) is 172 Å². The topological polar surface area (TPSA) is 547 Å². The number of benzene rings is 1. The van der Waals surface area contributed by atoms with E-state index in [0.717, 1.165) is 21.7 Å². The van der Waals surface area contributed by atoms with Crippen LogP contribution in [0.15, 0.2) is 114 Å². The Hall–Kier alpha value is -12.3. The number of hydrogen-bond donors (Lipinski definition) is 9. The van der Waals surface area contributed by atoms with Crippen LogP contribution in [0.3, 0.4) is 0 Å². The monoisotopic (exact) mass is 1870 g/mol. The highest BCUT2D eigenvalue weighted by Gasteiger charge is 2.53. The van der Waals surface area contributed by atoms with Gasteiger partial charge >= 0.3 is 12.1 Å². The molecule has 726 valence electrons. The number of amides is 5. The van der Waals surface area contributed by atoms with Crippen molar-refractivity contribution in [1.82, 2.24) is 80.4 Å². The van der Waals surface area contributed by atoms with Crippen molar-refractivity contribution in [3.05, 3.63) is 126 Å². The average Bonchev–Trinajstić information content (AvgIpc) is 1.76. The fraction of sp³-hybridized carbons (Fsp3) is 0.564. The number of carbonyl (C=O) groups is 9. The summed E-state index contributed by atoms with van der Waals surface area (Å²) in [4.78, 5) is 173. The maximum absolute atomic E-state index is 14.7. The number of aliphatic hydroxyl groups is 3. The number of cyclic esters (lactones) is 1. The molecule has 1 saturated carbocycles. The smallest absolute Gasteiger partial charge is 0.407 e. The Morgan fingerprint density at radius 3 is 2.14 bits per heavy atom. The number of aliphatic hydroxyl groups excluding tert-OH is 2. The molecule has 5 aliphatic heterocycles. The molecule has 1 aromatic carbocycles. The zero-order valence-electron chi connectivity index (χ0n) is 77.8. The second kappa shape index (κ2) is 46.8. The number of rotatable bonds is 25. The van der Waals surface area contributed by atoms with Crippen LogP contribution in [-0.4, -0.2) is 293 Å². The van der Waals surface area contributed by atoms with Crippen molar-refractivity contribution in [1.29, 1.82) is 0 Å². The second-order valence-electron chi connectivity index (χ2n) is 35.9. The highest BCUT2D eigenvalue weighted by molar-refractivity contribution is 6.39. The van der Waals surface area contributed by atoms with Gasteiger partial charge in [-0.2, -0.15) is 10.1 Å². The standard InChI is InChI=1S/C94H126N22O19/c1-55-16-10-9-11-17-56(2)73(129-7)45-66-22-19-60(6)94(128,135-66)82(122)88(125)115-28-14-12-18-69(115)89(126)132-74(46-70(117)57(3)41-59(5)80(120)81(121)79(119)58(4)40-55)67(95)42-61-20-23-72(75(43-61)130-8)134-93(127)106-49-62-47-102-91(103-48-62)113-34-30-111(31-35-113)65-52-100-84(101-53-65)87(124)99-27-39-131-38-25-76(118)112-32-36-114(37-33-112)92-104-50-64(51-105-92)86(123)98-26-13-15-29-116-85-77(83(96)107-54-108-85)78(110-116)63-21-24-71-68(44-63)109-90(97)133-71/h9-11,16-17,21,24,41,44,47-48,50-55,57-58,60-61,66-67,69,72-75,80-81,120-121,128H,12-15,18-20,22-23,25-40,42-43,45-46,49,95H2,1-8H3,(H2,97,109)(H,98,123)(H,99,124)(H,106,127)(H2,96,107,108)/b11-9+,16-10+,56-17+,59-41+/t55-,57-,58-,60-,61+,66+,67-,69+,72-,73+,74+,75-,80-,81+,94-/m1/s1. The molecule has 5 amide bonds. The SMILES string of the molecule is CO[C@H]1C[C@@H]2CC[C@@H](C)[C@@](O)(O2)C(=O)C(=O)N2CCCC[C@H]2C(=O)O[C@H]([C@H](N)C[C@@H]2CC[C@@H](OC(=O)NCc3cnc(N4CCN(c5cnc(C(=O)NCCOCCC(=O)N6CCN(c7ncc(C(=O)NCCCCn8nc(-c9ccc%10oc(N)nc%10c9)c9c(N)ncnc98)cn7)CC6)nc5)CC4)nc3)[C@H](OC)C2)CC(=O)[C@H](C)/C=C(\C)[C@@H](O)[C@@H](O)C(=O)[C@H](C)C[C@H](C)/C=C/C=C/C=C/1C. The summed E-state index contributed by atoms with van der Waals surface area (Å²) in [5, 5.41) is 48.7. The van der Waals surface area contributed by atoms with Gasteiger partial charge in [0.25, 0.3) is 29.5 Å². The van der Waals surface area contributed by atoms with E-state index < -0.39 is 126 Å². The molecule has 7 aromatic rings. The first-order valence-electron chi connectivity index (χ1n) is 46.5. The van der Waals surface area contributed by atoms with E-state index in [4.69, 9.17) is 55.1 Å². The van der Waals surface area contributed by atoms with Crippen LogP contribution in [0.1, 0.15) is 164 Å². The quantitative estimate of drug-likeness (QED) is 0.0144. The van der Waals surface area contributed by atoms with E-state index in [2.05, 4.69) is 65.7 Å².